The highest BCUT2D eigenvalue weighted by Crippen LogP contribution is 2.43. The first kappa shape index (κ1) is 21.9. The Labute approximate surface area is 195 Å². The third-order valence-corrected chi connectivity index (χ3v) is 6.07. The number of Topliss-reactive ketones (excluding diaryl/α,β-unsaturated/α-hetero) is 1. The molecule has 0 saturated carbocycles. The number of hydrogen-bond donors (Lipinski definition) is 1. The Hall–Kier alpha value is -3.28. The van der Waals surface area contributed by atoms with Crippen LogP contribution in [0.5, 0.6) is 5.75 Å². The molecule has 32 heavy (non-hydrogen) atoms. The maximum Gasteiger partial charge on any atom is 0.300 e. The summed E-state index contributed by atoms with van der Waals surface area (Å²) in [7, 11) is 1.51. The molecule has 1 atom stereocenters. The molecule has 0 spiro atoms. The van der Waals surface area contributed by atoms with E-state index in [-0.39, 0.29) is 11.3 Å². The Morgan fingerprint density at radius 1 is 1.00 bits per heavy atom. The molecule has 1 unspecified atom stereocenters. The van der Waals surface area contributed by atoms with Crippen LogP contribution in [0.1, 0.15) is 22.7 Å². The van der Waals surface area contributed by atoms with Crippen LogP contribution in [0.3, 0.4) is 0 Å². The molecule has 1 aliphatic heterocycles. The lowest BCUT2D eigenvalue weighted by molar-refractivity contribution is -0.132. The van der Waals surface area contributed by atoms with Crippen LogP contribution in [0.15, 0.2) is 72.3 Å². The lowest BCUT2D eigenvalue weighted by Gasteiger charge is -2.26. The van der Waals surface area contributed by atoms with Gasteiger partial charge in [0.15, 0.2) is 0 Å². The monoisotopic (exact) mass is 467 g/mol. The Kier molecular flexibility index (Phi) is 5.96. The fourth-order valence-electron chi connectivity index (χ4n) is 3.72. The van der Waals surface area contributed by atoms with E-state index in [1.54, 1.807) is 66.7 Å². The summed E-state index contributed by atoms with van der Waals surface area (Å²) in [4.78, 5) is 27.7. The number of hydrogen-bond acceptors (Lipinski definition) is 4. The van der Waals surface area contributed by atoms with Crippen molar-refractivity contribution in [3.05, 3.63) is 99.0 Å². The predicted molar refractivity (Wildman–Crippen MR) is 125 cm³/mol. The Morgan fingerprint density at radius 3 is 2.38 bits per heavy atom. The first-order chi connectivity index (χ1) is 15.3. The Balaban J connectivity index is 1.95. The molecule has 5 nitrogen and oxygen atoms in total. The number of benzene rings is 3. The summed E-state index contributed by atoms with van der Waals surface area (Å²) >= 11 is 12.4. The number of methoxy groups -OCH3 is 1. The van der Waals surface area contributed by atoms with Crippen LogP contribution >= 0.6 is 23.2 Å². The number of nitrogens with zero attached hydrogens (tertiary/aromatic N) is 1. The molecule has 1 heterocycles. The zero-order valence-electron chi connectivity index (χ0n) is 17.3. The molecule has 7 heteroatoms. The molecular weight excluding hydrogens is 449 g/mol. The third-order valence-electron chi connectivity index (χ3n) is 5.41. The highest BCUT2D eigenvalue weighted by molar-refractivity contribution is 6.51. The summed E-state index contributed by atoms with van der Waals surface area (Å²) in [6, 6.07) is 17.7. The van der Waals surface area contributed by atoms with Gasteiger partial charge in [-0.2, -0.15) is 0 Å². The van der Waals surface area contributed by atoms with E-state index in [0.717, 1.165) is 5.56 Å². The smallest absolute Gasteiger partial charge is 0.300 e. The molecule has 1 N–H and O–H groups in total. The number of aryl methyl sites for hydroxylation is 1. The van der Waals surface area contributed by atoms with Crippen molar-refractivity contribution < 1.29 is 19.4 Å². The molecular formula is C25H19Cl2NO4. The van der Waals surface area contributed by atoms with Crippen LogP contribution in [0.2, 0.25) is 10.0 Å². The van der Waals surface area contributed by atoms with Crippen LogP contribution in [0, 0.1) is 6.92 Å². The molecule has 1 saturated heterocycles. The van der Waals surface area contributed by atoms with Gasteiger partial charge in [-0.15, -0.1) is 0 Å². The largest absolute Gasteiger partial charge is 0.507 e. The molecule has 3 aromatic rings. The number of aliphatic hydroxyl groups excluding tert-OH is 1. The van der Waals surface area contributed by atoms with Gasteiger partial charge in [-0.1, -0.05) is 53.5 Å². The Bertz CT molecular complexity index is 1250. The van der Waals surface area contributed by atoms with E-state index >= 15 is 0 Å². The van der Waals surface area contributed by atoms with Crippen LogP contribution in [-0.2, 0) is 9.59 Å². The fraction of sp³-hybridized carbons (Fsp3) is 0.120. The topological polar surface area (TPSA) is 66.8 Å². The average molecular weight is 468 g/mol. The van der Waals surface area contributed by atoms with Gasteiger partial charge in [0.25, 0.3) is 11.7 Å². The standard InChI is InChI=1S/C25H19Cl2NO4/c1-14-6-11-18(13-20(14)27)28-22(15-7-9-17(26)10-8-15)21(24(30)25(28)31)23(29)16-4-3-5-19(12-16)32-2/h3-13,22,29H,1-2H3/b23-21+. The molecule has 0 radical (unpaired) electrons. The third kappa shape index (κ3) is 3.85. The van der Waals surface area contributed by atoms with Crippen molar-refractivity contribution in [1.82, 2.24) is 0 Å². The summed E-state index contributed by atoms with van der Waals surface area (Å²) in [6.07, 6.45) is 0. The number of rotatable bonds is 4. The molecule has 0 bridgehead atoms. The number of carbonyl (C=O) groups is 2. The first-order valence-corrected chi connectivity index (χ1v) is 10.5. The van der Waals surface area contributed by atoms with Crippen LogP contribution in [0.25, 0.3) is 5.76 Å². The number of halogens is 2. The van der Waals surface area contributed by atoms with Crippen LogP contribution in [0.4, 0.5) is 5.69 Å². The number of anilines is 1. The number of ether oxygens (including phenoxy) is 1. The van der Waals surface area contributed by atoms with Crippen molar-refractivity contribution in [3.63, 3.8) is 0 Å². The van der Waals surface area contributed by atoms with Gasteiger partial charge < -0.3 is 9.84 Å². The first-order valence-electron chi connectivity index (χ1n) is 9.79. The minimum atomic E-state index is -0.864. The second-order valence-electron chi connectivity index (χ2n) is 7.39. The number of ketones is 1. The number of amides is 1. The van der Waals surface area contributed by atoms with Crippen LogP contribution < -0.4 is 9.64 Å². The lowest BCUT2D eigenvalue weighted by atomic mass is 9.95. The summed E-state index contributed by atoms with van der Waals surface area (Å²) in [5.41, 5.74) is 2.25. The van der Waals surface area contributed by atoms with Crippen molar-refractivity contribution >= 4 is 46.3 Å². The van der Waals surface area contributed by atoms with Gasteiger partial charge in [-0.25, -0.2) is 0 Å². The van der Waals surface area contributed by atoms with Crippen molar-refractivity contribution in [2.24, 2.45) is 0 Å². The molecule has 0 aliphatic carbocycles. The minimum absolute atomic E-state index is 0.0257. The predicted octanol–water partition coefficient (Wildman–Crippen LogP) is 5.94. The molecule has 1 amide bonds. The van der Waals surface area contributed by atoms with Gasteiger partial charge >= 0.3 is 0 Å². The molecule has 4 rings (SSSR count). The van der Waals surface area contributed by atoms with Crippen molar-refractivity contribution in [2.45, 2.75) is 13.0 Å². The van der Waals surface area contributed by atoms with E-state index in [0.29, 0.717) is 32.6 Å². The summed E-state index contributed by atoms with van der Waals surface area (Å²) in [5.74, 6) is -1.32. The molecule has 1 fully saturated rings. The van der Waals surface area contributed by atoms with E-state index in [1.165, 1.54) is 12.0 Å². The van der Waals surface area contributed by atoms with Gasteiger partial charge in [0, 0.05) is 21.3 Å². The molecule has 0 aromatic heterocycles. The molecule has 162 valence electrons. The quantitative estimate of drug-likeness (QED) is 0.293. The minimum Gasteiger partial charge on any atom is -0.507 e. The summed E-state index contributed by atoms with van der Waals surface area (Å²) in [6.45, 7) is 1.85. The second-order valence-corrected chi connectivity index (χ2v) is 8.23. The van der Waals surface area contributed by atoms with Crippen molar-refractivity contribution in [2.75, 3.05) is 12.0 Å². The van der Waals surface area contributed by atoms with Crippen molar-refractivity contribution in [1.29, 1.82) is 0 Å². The van der Waals surface area contributed by atoms with E-state index < -0.39 is 17.7 Å². The van der Waals surface area contributed by atoms with Gasteiger partial charge in [0.05, 0.1) is 18.7 Å². The molecule has 3 aromatic carbocycles. The van der Waals surface area contributed by atoms with E-state index in [4.69, 9.17) is 27.9 Å². The summed E-state index contributed by atoms with van der Waals surface area (Å²) in [5, 5.41) is 12.1. The maximum absolute atomic E-state index is 13.2. The average Bonchev–Trinajstić information content (AvgIpc) is 3.06. The van der Waals surface area contributed by atoms with E-state index in [2.05, 4.69) is 0 Å². The zero-order chi connectivity index (χ0) is 23.0. The van der Waals surface area contributed by atoms with E-state index in [9.17, 15) is 14.7 Å². The van der Waals surface area contributed by atoms with E-state index in [1.807, 2.05) is 6.92 Å². The zero-order valence-corrected chi connectivity index (χ0v) is 18.8. The highest BCUT2D eigenvalue weighted by Gasteiger charge is 2.47. The van der Waals surface area contributed by atoms with Gasteiger partial charge in [0.2, 0.25) is 0 Å². The van der Waals surface area contributed by atoms with Crippen LogP contribution in [-0.4, -0.2) is 23.9 Å². The van der Waals surface area contributed by atoms with Gasteiger partial charge in [0.1, 0.15) is 11.5 Å². The summed E-state index contributed by atoms with van der Waals surface area (Å²) < 4.78 is 5.23. The maximum atomic E-state index is 13.2. The number of carbonyl (C=O) groups excluding carboxylic acids is 2. The SMILES string of the molecule is COc1cccc(/C(O)=C2\C(=O)C(=O)N(c3ccc(C)c(Cl)c3)C2c2ccc(Cl)cc2)c1. The number of aliphatic hydroxyl groups is 1. The normalized spacial score (nSPS) is 17.6. The Morgan fingerprint density at radius 2 is 1.72 bits per heavy atom. The second kappa shape index (κ2) is 8.69. The highest BCUT2D eigenvalue weighted by atomic mass is 35.5. The van der Waals surface area contributed by atoms with Gasteiger partial charge in [-0.3, -0.25) is 14.5 Å². The fourth-order valence-corrected chi connectivity index (χ4v) is 4.02. The van der Waals surface area contributed by atoms with Crippen molar-refractivity contribution in [3.8, 4) is 5.75 Å². The molecule has 1 aliphatic rings. The lowest BCUT2D eigenvalue weighted by Crippen LogP contribution is -2.29. The van der Waals surface area contributed by atoms with Gasteiger partial charge in [-0.05, 0) is 54.4 Å².